The van der Waals surface area contributed by atoms with Gasteiger partial charge >= 0.3 is 0 Å². The zero-order valence-electron chi connectivity index (χ0n) is 10.4. The summed E-state index contributed by atoms with van der Waals surface area (Å²) in [6.45, 7) is 1.87. The van der Waals surface area contributed by atoms with Gasteiger partial charge in [-0.2, -0.15) is 0 Å². The van der Waals surface area contributed by atoms with Gasteiger partial charge in [0.15, 0.2) is 0 Å². The molecule has 18 heavy (non-hydrogen) atoms. The Kier molecular flexibility index (Phi) is 4.55. The smallest absolute Gasteiger partial charge is 0.250 e. The van der Waals surface area contributed by atoms with E-state index in [1.54, 1.807) is 13.2 Å². The summed E-state index contributed by atoms with van der Waals surface area (Å²) in [5.41, 5.74) is 0.715. The van der Waals surface area contributed by atoms with Gasteiger partial charge in [0.25, 0.3) is 0 Å². The molecule has 0 saturated carbocycles. The predicted molar refractivity (Wildman–Crippen MR) is 68.9 cm³/mol. The summed E-state index contributed by atoms with van der Waals surface area (Å²) >= 11 is 0. The first-order valence-corrected chi connectivity index (χ1v) is 6.04. The first kappa shape index (κ1) is 12.9. The molecule has 1 unspecified atom stereocenters. The third-order valence-electron chi connectivity index (χ3n) is 2.82. The van der Waals surface area contributed by atoms with Gasteiger partial charge in [0.1, 0.15) is 12.4 Å². The topological polar surface area (TPSA) is 59.6 Å². The van der Waals surface area contributed by atoms with Crippen LogP contribution in [0.3, 0.4) is 0 Å². The van der Waals surface area contributed by atoms with Crippen molar-refractivity contribution in [3.63, 3.8) is 0 Å². The van der Waals surface area contributed by atoms with Crippen molar-refractivity contribution in [1.82, 2.24) is 5.32 Å². The van der Waals surface area contributed by atoms with Gasteiger partial charge in [-0.25, -0.2) is 0 Å². The van der Waals surface area contributed by atoms with E-state index in [1.807, 2.05) is 18.2 Å². The van der Waals surface area contributed by atoms with Crippen LogP contribution in [0.2, 0.25) is 0 Å². The number of hydrogen-bond donors (Lipinski definition) is 2. The third-order valence-corrected chi connectivity index (χ3v) is 2.82. The number of anilines is 1. The van der Waals surface area contributed by atoms with Crippen LogP contribution in [0, 0.1) is 0 Å². The fourth-order valence-electron chi connectivity index (χ4n) is 1.86. The molecule has 0 aromatic heterocycles. The highest BCUT2D eigenvalue weighted by molar-refractivity contribution is 5.91. The number of hydrogen-bond acceptors (Lipinski definition) is 4. The van der Waals surface area contributed by atoms with Crippen LogP contribution in [-0.2, 0) is 9.53 Å². The number of rotatable bonds is 5. The number of amides is 1. The Morgan fingerprint density at radius 1 is 1.56 bits per heavy atom. The van der Waals surface area contributed by atoms with E-state index in [0.29, 0.717) is 11.4 Å². The zero-order valence-corrected chi connectivity index (χ0v) is 10.4. The lowest BCUT2D eigenvalue weighted by Gasteiger charge is -2.11. The van der Waals surface area contributed by atoms with Crippen molar-refractivity contribution in [1.29, 1.82) is 0 Å². The van der Waals surface area contributed by atoms with Crippen LogP contribution in [0.5, 0.6) is 5.75 Å². The SMILES string of the molecule is COc1cccc(NC(=O)COC2CCNC2)c1. The summed E-state index contributed by atoms with van der Waals surface area (Å²) in [7, 11) is 1.59. The van der Waals surface area contributed by atoms with Crippen LogP contribution in [0.1, 0.15) is 6.42 Å². The van der Waals surface area contributed by atoms with Crippen LogP contribution >= 0.6 is 0 Å². The van der Waals surface area contributed by atoms with E-state index in [2.05, 4.69) is 10.6 Å². The van der Waals surface area contributed by atoms with Gasteiger partial charge < -0.3 is 20.1 Å². The molecule has 1 aliphatic heterocycles. The van der Waals surface area contributed by atoms with Crippen molar-refractivity contribution in [2.24, 2.45) is 0 Å². The lowest BCUT2D eigenvalue weighted by molar-refractivity contribution is -0.122. The second-order valence-electron chi connectivity index (χ2n) is 4.21. The molecule has 1 heterocycles. The maximum absolute atomic E-state index is 11.7. The largest absolute Gasteiger partial charge is 0.497 e. The number of ether oxygens (including phenoxy) is 2. The van der Waals surface area contributed by atoms with E-state index >= 15 is 0 Å². The van der Waals surface area contributed by atoms with Crippen molar-refractivity contribution in [2.75, 3.05) is 32.1 Å². The molecular formula is C13H18N2O3. The molecule has 5 heteroatoms. The third kappa shape index (κ3) is 3.72. The molecule has 98 valence electrons. The molecule has 1 aromatic rings. The van der Waals surface area contributed by atoms with E-state index in [0.717, 1.165) is 19.5 Å². The molecule has 1 atom stereocenters. The minimum absolute atomic E-state index is 0.0869. The predicted octanol–water partition coefficient (Wildman–Crippen LogP) is 1.01. The maximum Gasteiger partial charge on any atom is 0.250 e. The summed E-state index contributed by atoms with van der Waals surface area (Å²) in [5.74, 6) is 0.573. The number of methoxy groups -OCH3 is 1. The van der Waals surface area contributed by atoms with E-state index in [-0.39, 0.29) is 18.6 Å². The standard InChI is InChI=1S/C13H18N2O3/c1-17-11-4-2-3-10(7-11)15-13(16)9-18-12-5-6-14-8-12/h2-4,7,12,14H,5-6,8-9H2,1H3,(H,15,16). The van der Waals surface area contributed by atoms with Crippen molar-refractivity contribution in [3.8, 4) is 5.75 Å². The first-order valence-electron chi connectivity index (χ1n) is 6.04. The normalized spacial score (nSPS) is 18.6. The minimum atomic E-state index is -0.143. The zero-order chi connectivity index (χ0) is 12.8. The van der Waals surface area contributed by atoms with Gasteiger partial charge in [-0.05, 0) is 25.1 Å². The van der Waals surface area contributed by atoms with E-state index in [1.165, 1.54) is 0 Å². The molecule has 0 bridgehead atoms. The fourth-order valence-corrected chi connectivity index (χ4v) is 1.86. The second kappa shape index (κ2) is 6.37. The van der Waals surface area contributed by atoms with Gasteiger partial charge in [0, 0.05) is 18.3 Å². The molecule has 2 N–H and O–H groups in total. The van der Waals surface area contributed by atoms with Crippen LogP contribution in [-0.4, -0.2) is 38.8 Å². The Morgan fingerprint density at radius 2 is 2.44 bits per heavy atom. The highest BCUT2D eigenvalue weighted by Gasteiger charge is 2.16. The molecular weight excluding hydrogens is 232 g/mol. The average molecular weight is 250 g/mol. The summed E-state index contributed by atoms with van der Waals surface area (Å²) in [6.07, 6.45) is 1.12. The summed E-state index contributed by atoms with van der Waals surface area (Å²) in [5, 5.41) is 5.96. The lowest BCUT2D eigenvalue weighted by atomic mass is 10.3. The second-order valence-corrected chi connectivity index (χ2v) is 4.21. The monoisotopic (exact) mass is 250 g/mol. The number of benzene rings is 1. The fraction of sp³-hybridized carbons (Fsp3) is 0.462. The van der Waals surface area contributed by atoms with E-state index in [9.17, 15) is 4.79 Å². The quantitative estimate of drug-likeness (QED) is 0.819. The van der Waals surface area contributed by atoms with E-state index < -0.39 is 0 Å². The molecule has 5 nitrogen and oxygen atoms in total. The molecule has 0 aliphatic carbocycles. The maximum atomic E-state index is 11.7. The lowest BCUT2D eigenvalue weighted by Crippen LogP contribution is -2.24. The first-order chi connectivity index (χ1) is 8.78. The average Bonchev–Trinajstić information content (AvgIpc) is 2.90. The molecule has 0 spiro atoms. The molecule has 1 amide bonds. The van der Waals surface area contributed by atoms with E-state index in [4.69, 9.17) is 9.47 Å². The molecule has 0 radical (unpaired) electrons. The van der Waals surface area contributed by atoms with Gasteiger partial charge in [0.2, 0.25) is 5.91 Å². The Balaban J connectivity index is 1.78. The van der Waals surface area contributed by atoms with Crippen molar-refractivity contribution in [2.45, 2.75) is 12.5 Å². The van der Waals surface area contributed by atoms with Crippen LogP contribution < -0.4 is 15.4 Å². The van der Waals surface area contributed by atoms with Gasteiger partial charge in [-0.1, -0.05) is 6.07 Å². The highest BCUT2D eigenvalue weighted by atomic mass is 16.5. The van der Waals surface area contributed by atoms with Crippen molar-refractivity contribution in [3.05, 3.63) is 24.3 Å². The summed E-state index contributed by atoms with van der Waals surface area (Å²) < 4.78 is 10.6. The molecule has 1 aromatic carbocycles. The van der Waals surface area contributed by atoms with Crippen LogP contribution in [0.15, 0.2) is 24.3 Å². The Morgan fingerprint density at radius 3 is 3.17 bits per heavy atom. The van der Waals surface area contributed by atoms with Gasteiger partial charge in [-0.3, -0.25) is 4.79 Å². The van der Waals surface area contributed by atoms with Crippen molar-refractivity contribution >= 4 is 11.6 Å². The molecule has 1 aliphatic rings. The van der Waals surface area contributed by atoms with Crippen LogP contribution in [0.25, 0.3) is 0 Å². The Bertz CT molecular complexity index is 403. The summed E-state index contributed by atoms with van der Waals surface area (Å²) in [6, 6.07) is 7.25. The molecule has 1 saturated heterocycles. The molecule has 1 fully saturated rings. The minimum Gasteiger partial charge on any atom is -0.497 e. The Labute approximate surface area is 106 Å². The Hall–Kier alpha value is -1.59. The van der Waals surface area contributed by atoms with Crippen LogP contribution in [0.4, 0.5) is 5.69 Å². The number of nitrogens with one attached hydrogen (secondary N) is 2. The van der Waals surface area contributed by atoms with Crippen molar-refractivity contribution < 1.29 is 14.3 Å². The van der Waals surface area contributed by atoms with Gasteiger partial charge in [-0.15, -0.1) is 0 Å². The number of carbonyl (C=O) groups is 1. The summed E-state index contributed by atoms with van der Waals surface area (Å²) in [4.78, 5) is 11.7. The van der Waals surface area contributed by atoms with Gasteiger partial charge in [0.05, 0.1) is 13.2 Å². The molecule has 2 rings (SSSR count). The number of carbonyl (C=O) groups excluding carboxylic acids is 1. The highest BCUT2D eigenvalue weighted by Crippen LogP contribution is 2.16.